The van der Waals surface area contributed by atoms with Crippen molar-refractivity contribution in [3.8, 4) is 0 Å². The average Bonchev–Trinajstić information content (AvgIpc) is 2.29. The number of hydrogen-bond acceptors (Lipinski definition) is 1. The summed E-state index contributed by atoms with van der Waals surface area (Å²) in [4.78, 5) is 1.29. The minimum Gasteiger partial charge on any atom is -0.0981 e. The maximum absolute atomic E-state index is 2.23. The number of thioether (sulfide) groups is 1. The smallest absolute Gasteiger partial charge is 0.0116 e. The Hall–Kier alpha value is -0.950. The van der Waals surface area contributed by atoms with Gasteiger partial charge in [0, 0.05) is 4.90 Å². The molecule has 0 fully saturated rings. The largest absolute Gasteiger partial charge is 0.0981 e. The summed E-state index contributed by atoms with van der Waals surface area (Å²) in [5.74, 6) is 0. The van der Waals surface area contributed by atoms with Crippen molar-refractivity contribution in [3.05, 3.63) is 54.0 Å². The molecule has 0 saturated carbocycles. The van der Waals surface area contributed by atoms with E-state index in [0.717, 1.165) is 0 Å². The van der Waals surface area contributed by atoms with Crippen LogP contribution in [0.1, 0.15) is 26.2 Å². The van der Waals surface area contributed by atoms with E-state index in [1.54, 1.807) is 11.8 Å². The Bertz CT molecular complexity index is 298. The van der Waals surface area contributed by atoms with E-state index in [0.29, 0.717) is 0 Å². The third kappa shape index (κ3) is 6.19. The summed E-state index contributed by atoms with van der Waals surface area (Å²) in [6.07, 6.45) is 10.2. The van der Waals surface area contributed by atoms with Crippen molar-refractivity contribution in [1.82, 2.24) is 0 Å². The van der Waals surface area contributed by atoms with Gasteiger partial charge in [-0.2, -0.15) is 0 Å². The number of rotatable bonds is 6. The Morgan fingerprint density at radius 1 is 1.13 bits per heavy atom. The van der Waals surface area contributed by atoms with E-state index in [-0.39, 0.29) is 0 Å². The highest BCUT2D eigenvalue weighted by molar-refractivity contribution is 8.02. The van der Waals surface area contributed by atoms with Gasteiger partial charge in [-0.25, -0.2) is 0 Å². The van der Waals surface area contributed by atoms with Gasteiger partial charge in [0.2, 0.25) is 0 Å². The quantitative estimate of drug-likeness (QED) is 0.366. The highest BCUT2D eigenvalue weighted by Crippen LogP contribution is 2.17. The maximum atomic E-state index is 2.23. The fourth-order valence-electron chi connectivity index (χ4n) is 1.16. The van der Waals surface area contributed by atoms with Crippen LogP contribution in [0.15, 0.2) is 58.9 Å². The molecule has 1 rings (SSSR count). The first-order chi connectivity index (χ1) is 7.43. The van der Waals surface area contributed by atoms with E-state index in [9.17, 15) is 0 Å². The van der Waals surface area contributed by atoms with Gasteiger partial charge < -0.3 is 0 Å². The van der Waals surface area contributed by atoms with Gasteiger partial charge in [0.25, 0.3) is 0 Å². The van der Waals surface area contributed by atoms with Crippen LogP contribution in [0.25, 0.3) is 0 Å². The molecule has 0 aliphatic rings. The van der Waals surface area contributed by atoms with Gasteiger partial charge in [0.05, 0.1) is 0 Å². The van der Waals surface area contributed by atoms with Crippen LogP contribution in [0.3, 0.4) is 0 Å². The Kier molecular flexibility index (Phi) is 6.76. The average molecular weight is 218 g/mol. The fourth-order valence-corrected chi connectivity index (χ4v) is 1.80. The number of hydrogen-bond donors (Lipinski definition) is 0. The molecular weight excluding hydrogens is 200 g/mol. The van der Waals surface area contributed by atoms with Crippen molar-refractivity contribution in [1.29, 1.82) is 0 Å². The third-order valence-electron chi connectivity index (χ3n) is 2.00. The molecule has 0 bridgehead atoms. The minimum absolute atomic E-state index is 1.19. The van der Waals surface area contributed by atoms with Gasteiger partial charge in [-0.1, -0.05) is 68.0 Å². The Morgan fingerprint density at radius 3 is 2.67 bits per heavy atom. The Morgan fingerprint density at radius 2 is 1.93 bits per heavy atom. The second-order valence-corrected chi connectivity index (χ2v) is 4.31. The van der Waals surface area contributed by atoms with Crippen molar-refractivity contribution in [3.63, 3.8) is 0 Å². The SMILES string of the molecule is CCCC/C=C/C=C/Sc1ccccc1. The van der Waals surface area contributed by atoms with Gasteiger partial charge in [-0.3, -0.25) is 0 Å². The van der Waals surface area contributed by atoms with Crippen LogP contribution in [-0.4, -0.2) is 0 Å². The summed E-state index contributed by atoms with van der Waals surface area (Å²) >= 11 is 1.75. The molecule has 0 spiro atoms. The van der Waals surface area contributed by atoms with Crippen molar-refractivity contribution in [2.75, 3.05) is 0 Å². The molecule has 0 amide bonds. The van der Waals surface area contributed by atoms with Crippen molar-refractivity contribution < 1.29 is 0 Å². The zero-order valence-corrected chi connectivity index (χ0v) is 10.0. The van der Waals surface area contributed by atoms with E-state index < -0.39 is 0 Å². The first kappa shape index (κ1) is 12.1. The summed E-state index contributed by atoms with van der Waals surface area (Å²) in [6, 6.07) is 10.4. The zero-order chi connectivity index (χ0) is 10.8. The molecular formula is C14H18S. The van der Waals surface area contributed by atoms with Gasteiger partial charge in [-0.05, 0) is 24.0 Å². The predicted octanol–water partition coefficient (Wildman–Crippen LogP) is 5.04. The molecule has 0 aliphatic carbocycles. The summed E-state index contributed by atoms with van der Waals surface area (Å²) < 4.78 is 0. The molecule has 80 valence electrons. The highest BCUT2D eigenvalue weighted by Gasteiger charge is 1.84. The fraction of sp³-hybridized carbons (Fsp3) is 0.286. The van der Waals surface area contributed by atoms with E-state index in [1.807, 2.05) is 6.07 Å². The minimum atomic E-state index is 1.19. The zero-order valence-electron chi connectivity index (χ0n) is 9.23. The van der Waals surface area contributed by atoms with E-state index in [4.69, 9.17) is 0 Å². The molecule has 0 nitrogen and oxygen atoms in total. The Labute approximate surface area is 97.1 Å². The molecule has 1 aromatic rings. The number of benzene rings is 1. The number of allylic oxidation sites excluding steroid dienone is 3. The summed E-state index contributed by atoms with van der Waals surface area (Å²) in [7, 11) is 0. The molecule has 0 atom stereocenters. The number of unbranched alkanes of at least 4 members (excludes halogenated alkanes) is 2. The van der Waals surface area contributed by atoms with Crippen molar-refractivity contribution >= 4 is 11.8 Å². The lowest BCUT2D eigenvalue weighted by Crippen LogP contribution is -1.65. The van der Waals surface area contributed by atoms with Gasteiger partial charge >= 0.3 is 0 Å². The van der Waals surface area contributed by atoms with E-state index >= 15 is 0 Å². The van der Waals surface area contributed by atoms with Crippen LogP contribution in [0, 0.1) is 0 Å². The molecule has 15 heavy (non-hydrogen) atoms. The lowest BCUT2D eigenvalue weighted by atomic mass is 10.2. The molecule has 0 aliphatic heterocycles. The lowest BCUT2D eigenvalue weighted by Gasteiger charge is -1.92. The van der Waals surface area contributed by atoms with Crippen LogP contribution < -0.4 is 0 Å². The summed E-state index contributed by atoms with van der Waals surface area (Å²) in [6.45, 7) is 2.22. The van der Waals surface area contributed by atoms with E-state index in [2.05, 4.69) is 54.8 Å². The van der Waals surface area contributed by atoms with Gasteiger partial charge in [0.15, 0.2) is 0 Å². The second-order valence-electron chi connectivity index (χ2n) is 3.33. The van der Waals surface area contributed by atoms with Crippen molar-refractivity contribution in [2.24, 2.45) is 0 Å². The van der Waals surface area contributed by atoms with Crippen LogP contribution in [0.4, 0.5) is 0 Å². The molecule has 1 aromatic carbocycles. The molecule has 1 heteroatoms. The first-order valence-electron chi connectivity index (χ1n) is 5.47. The molecule has 0 N–H and O–H groups in total. The molecule has 0 unspecified atom stereocenters. The van der Waals surface area contributed by atoms with E-state index in [1.165, 1.54) is 24.2 Å². The molecule has 0 aromatic heterocycles. The standard InChI is InChI=1S/C14H18S/c1-2-3-4-5-6-10-13-15-14-11-8-7-9-12-14/h5-13H,2-4H2,1H3/b6-5+,13-10+. The summed E-state index contributed by atoms with van der Waals surface area (Å²) in [5.41, 5.74) is 0. The van der Waals surface area contributed by atoms with Crippen molar-refractivity contribution in [2.45, 2.75) is 31.1 Å². The molecule has 0 heterocycles. The topological polar surface area (TPSA) is 0 Å². The third-order valence-corrected chi connectivity index (χ3v) is 2.83. The van der Waals surface area contributed by atoms with Crippen LogP contribution in [0.2, 0.25) is 0 Å². The Balaban J connectivity index is 2.20. The highest BCUT2D eigenvalue weighted by atomic mass is 32.2. The lowest BCUT2D eigenvalue weighted by molar-refractivity contribution is 0.815. The normalized spacial score (nSPS) is 11.5. The molecule has 0 saturated heterocycles. The second kappa shape index (κ2) is 8.37. The molecule has 0 radical (unpaired) electrons. The first-order valence-corrected chi connectivity index (χ1v) is 6.35. The van der Waals surface area contributed by atoms with Gasteiger partial charge in [0.1, 0.15) is 0 Å². The van der Waals surface area contributed by atoms with Crippen LogP contribution in [0.5, 0.6) is 0 Å². The summed E-state index contributed by atoms with van der Waals surface area (Å²) in [5, 5.41) is 2.12. The van der Waals surface area contributed by atoms with Gasteiger partial charge in [-0.15, -0.1) is 0 Å². The monoisotopic (exact) mass is 218 g/mol. The predicted molar refractivity (Wildman–Crippen MR) is 70.1 cm³/mol. The van der Waals surface area contributed by atoms with Crippen LogP contribution in [-0.2, 0) is 0 Å². The van der Waals surface area contributed by atoms with Crippen LogP contribution >= 0.6 is 11.8 Å². The maximum Gasteiger partial charge on any atom is 0.0116 e.